The number of nitrogens with zero attached hydrogens (tertiary/aromatic N) is 3. The first-order valence-electron chi connectivity index (χ1n) is 11.1. The van der Waals surface area contributed by atoms with Crippen molar-refractivity contribution in [1.29, 1.82) is 0 Å². The molecule has 0 spiro atoms. The van der Waals surface area contributed by atoms with Crippen LogP contribution in [0.2, 0.25) is 0 Å². The predicted molar refractivity (Wildman–Crippen MR) is 116 cm³/mol. The molecule has 2 heterocycles. The molecule has 2 N–H and O–H groups in total. The molecule has 194 valence electrons. The van der Waals surface area contributed by atoms with Crippen molar-refractivity contribution < 1.29 is 31.1 Å². The van der Waals surface area contributed by atoms with Gasteiger partial charge < -0.3 is 10.1 Å². The minimum Gasteiger partial charge on any atom is -0.372 e. The van der Waals surface area contributed by atoms with E-state index < -0.39 is 40.8 Å². The molecule has 0 bridgehead atoms. The van der Waals surface area contributed by atoms with Crippen LogP contribution in [0.3, 0.4) is 0 Å². The summed E-state index contributed by atoms with van der Waals surface area (Å²) < 4.78 is 86.9. The van der Waals surface area contributed by atoms with E-state index in [4.69, 9.17) is 4.74 Å². The summed E-state index contributed by atoms with van der Waals surface area (Å²) in [6, 6.07) is 10.3. The van der Waals surface area contributed by atoms with E-state index in [1.807, 2.05) is 30.3 Å². The van der Waals surface area contributed by atoms with Gasteiger partial charge in [0.15, 0.2) is 0 Å². The smallest absolute Gasteiger partial charge is 0.372 e. The molecule has 0 unspecified atom stereocenters. The topological polar surface area (TPSA) is 84.8 Å². The monoisotopic (exact) mass is 515 g/mol. The molecule has 4 rings (SSSR count). The zero-order valence-corrected chi connectivity index (χ0v) is 19.0. The molecule has 3 aromatic rings. The molecule has 1 saturated heterocycles. The SMILES string of the molecule is C[C@@H](OC[C@@]1(c2ccccc2)CC[C@@H](n2nn[nH]c2=O)CN1)c1cc(C(F)(F)F)cc(C(F)(F)F)c1. The second-order valence-corrected chi connectivity index (χ2v) is 8.76. The molecule has 2 aromatic carbocycles. The number of tetrazole rings is 1. The third-order valence-electron chi connectivity index (χ3n) is 6.41. The normalized spacial score (nSPS) is 21.9. The first-order valence-corrected chi connectivity index (χ1v) is 11.1. The highest BCUT2D eigenvalue weighted by atomic mass is 19.4. The number of rotatable bonds is 6. The summed E-state index contributed by atoms with van der Waals surface area (Å²) in [5.74, 6) is 0. The van der Waals surface area contributed by atoms with Gasteiger partial charge in [-0.3, -0.25) is 0 Å². The maximum Gasteiger partial charge on any atom is 0.416 e. The Morgan fingerprint density at radius 2 is 1.72 bits per heavy atom. The largest absolute Gasteiger partial charge is 0.416 e. The van der Waals surface area contributed by atoms with Crippen molar-refractivity contribution in [2.24, 2.45) is 0 Å². The van der Waals surface area contributed by atoms with Crippen molar-refractivity contribution in [1.82, 2.24) is 25.5 Å². The number of halogens is 6. The number of hydrogen-bond acceptors (Lipinski definition) is 5. The molecule has 1 aliphatic rings. The van der Waals surface area contributed by atoms with E-state index >= 15 is 0 Å². The van der Waals surface area contributed by atoms with Crippen LogP contribution in [0.1, 0.15) is 54.2 Å². The number of H-pyrrole nitrogens is 1. The van der Waals surface area contributed by atoms with E-state index in [0.29, 0.717) is 31.5 Å². The molecule has 1 aliphatic heterocycles. The fourth-order valence-corrected chi connectivity index (χ4v) is 4.36. The first kappa shape index (κ1) is 25.9. The molecule has 0 amide bonds. The minimum absolute atomic E-state index is 0.0315. The third-order valence-corrected chi connectivity index (χ3v) is 6.41. The second kappa shape index (κ2) is 9.69. The molecule has 3 atom stereocenters. The highest BCUT2D eigenvalue weighted by Crippen LogP contribution is 2.39. The van der Waals surface area contributed by atoms with E-state index in [-0.39, 0.29) is 24.3 Å². The number of benzene rings is 2. The molecular formula is C23H23F6N5O2. The summed E-state index contributed by atoms with van der Waals surface area (Å²) in [6.45, 7) is 1.70. The Morgan fingerprint density at radius 1 is 1.08 bits per heavy atom. The lowest BCUT2D eigenvalue weighted by Crippen LogP contribution is -2.53. The first-order chi connectivity index (χ1) is 16.9. The average Bonchev–Trinajstić information content (AvgIpc) is 3.27. The molecule has 0 aliphatic carbocycles. The van der Waals surface area contributed by atoms with Crippen LogP contribution < -0.4 is 11.0 Å². The van der Waals surface area contributed by atoms with E-state index in [1.54, 1.807) is 0 Å². The Balaban J connectivity index is 1.58. The zero-order chi connectivity index (χ0) is 26.1. The number of piperidine rings is 1. The molecule has 0 saturated carbocycles. The van der Waals surface area contributed by atoms with Gasteiger partial charge in [0.25, 0.3) is 0 Å². The van der Waals surface area contributed by atoms with E-state index in [2.05, 4.69) is 20.8 Å². The summed E-state index contributed by atoms with van der Waals surface area (Å²) in [4.78, 5) is 11.9. The maximum absolute atomic E-state index is 13.3. The van der Waals surface area contributed by atoms with Gasteiger partial charge in [-0.15, -0.1) is 0 Å². The van der Waals surface area contributed by atoms with Crippen molar-refractivity contribution in [3.05, 3.63) is 81.3 Å². The van der Waals surface area contributed by atoms with Crippen LogP contribution in [0.15, 0.2) is 53.3 Å². The van der Waals surface area contributed by atoms with Gasteiger partial charge in [-0.1, -0.05) is 30.3 Å². The second-order valence-electron chi connectivity index (χ2n) is 8.76. The molecular weight excluding hydrogens is 492 g/mol. The molecule has 0 radical (unpaired) electrons. The van der Waals surface area contributed by atoms with E-state index in [0.717, 1.165) is 5.56 Å². The van der Waals surface area contributed by atoms with Gasteiger partial charge in [0.05, 0.1) is 35.4 Å². The Kier molecular flexibility index (Phi) is 6.97. The third kappa shape index (κ3) is 5.46. The summed E-state index contributed by atoms with van der Waals surface area (Å²) in [5.41, 5.74) is -3.42. The molecule has 1 fully saturated rings. The Hall–Kier alpha value is -3.19. The van der Waals surface area contributed by atoms with Crippen molar-refractivity contribution in [2.45, 2.75) is 49.8 Å². The number of nitrogens with one attached hydrogen (secondary N) is 2. The number of aromatic amines is 1. The van der Waals surface area contributed by atoms with Crippen LogP contribution in [0.25, 0.3) is 0 Å². The summed E-state index contributed by atoms with van der Waals surface area (Å²) in [5, 5.41) is 12.9. The van der Waals surface area contributed by atoms with Crippen molar-refractivity contribution in [3.8, 4) is 0 Å². The maximum atomic E-state index is 13.3. The molecule has 13 heteroatoms. The Morgan fingerprint density at radius 3 is 2.22 bits per heavy atom. The van der Waals surface area contributed by atoms with Gasteiger partial charge in [-0.25, -0.2) is 9.89 Å². The predicted octanol–water partition coefficient (Wildman–Crippen LogP) is 4.60. The van der Waals surface area contributed by atoms with Crippen molar-refractivity contribution >= 4 is 0 Å². The highest BCUT2D eigenvalue weighted by Gasteiger charge is 2.40. The summed E-state index contributed by atoms with van der Waals surface area (Å²) in [7, 11) is 0. The van der Waals surface area contributed by atoms with Crippen molar-refractivity contribution in [3.63, 3.8) is 0 Å². The summed E-state index contributed by atoms with van der Waals surface area (Å²) >= 11 is 0. The van der Waals surface area contributed by atoms with Crippen LogP contribution in [0.4, 0.5) is 26.3 Å². The van der Waals surface area contributed by atoms with Crippen LogP contribution in [0, 0.1) is 0 Å². The number of alkyl halides is 6. The lowest BCUT2D eigenvalue weighted by molar-refractivity contribution is -0.143. The fraction of sp³-hybridized carbons (Fsp3) is 0.435. The van der Waals surface area contributed by atoms with Crippen LogP contribution in [0.5, 0.6) is 0 Å². The quantitative estimate of drug-likeness (QED) is 0.469. The summed E-state index contributed by atoms with van der Waals surface area (Å²) in [6.07, 6.45) is -9.98. The number of hydrogen-bond donors (Lipinski definition) is 2. The Bertz CT molecular complexity index is 1200. The molecule has 7 nitrogen and oxygen atoms in total. The minimum atomic E-state index is -4.94. The van der Waals surface area contributed by atoms with Gasteiger partial charge in [0.1, 0.15) is 0 Å². The standard InChI is InChI=1S/C23H23F6N5O2/c1-14(15-9-17(22(24,25)26)11-18(10-15)23(27,28)29)36-13-21(16-5-3-2-4-6-16)8-7-19(12-30-21)34-20(35)31-32-33-34/h2-6,9-11,14,19,30H,7-8,12-13H2,1H3,(H,31,33,35)/t14-,19-,21-/m1/s1. The number of aromatic nitrogens is 4. The molecule has 1 aromatic heterocycles. The van der Waals surface area contributed by atoms with Crippen LogP contribution in [-0.4, -0.2) is 33.4 Å². The van der Waals surface area contributed by atoms with E-state index in [9.17, 15) is 31.1 Å². The zero-order valence-electron chi connectivity index (χ0n) is 19.0. The van der Waals surface area contributed by atoms with Crippen molar-refractivity contribution in [2.75, 3.05) is 13.2 Å². The molecule has 36 heavy (non-hydrogen) atoms. The van der Waals surface area contributed by atoms with Gasteiger partial charge >= 0.3 is 18.0 Å². The van der Waals surface area contributed by atoms with Gasteiger partial charge in [0, 0.05) is 6.54 Å². The number of ether oxygens (including phenoxy) is 1. The average molecular weight is 515 g/mol. The fourth-order valence-electron chi connectivity index (χ4n) is 4.36. The van der Waals surface area contributed by atoms with Gasteiger partial charge in [0.2, 0.25) is 0 Å². The lowest BCUT2D eigenvalue weighted by atomic mass is 9.81. The highest BCUT2D eigenvalue weighted by molar-refractivity contribution is 5.35. The van der Waals surface area contributed by atoms with Gasteiger partial charge in [-0.05, 0) is 59.5 Å². The Labute approximate surface area is 201 Å². The van der Waals surface area contributed by atoms with Crippen LogP contribution >= 0.6 is 0 Å². The lowest BCUT2D eigenvalue weighted by Gasteiger charge is -2.42. The van der Waals surface area contributed by atoms with E-state index in [1.165, 1.54) is 11.6 Å². The van der Waals surface area contributed by atoms with Gasteiger partial charge in [-0.2, -0.15) is 31.0 Å². The van der Waals surface area contributed by atoms with Crippen LogP contribution in [-0.2, 0) is 22.6 Å².